The molecule has 0 radical (unpaired) electrons. The Labute approximate surface area is 170 Å². The van der Waals surface area contributed by atoms with Gasteiger partial charge in [0.25, 0.3) is 5.97 Å². The normalized spacial score (nSPS) is 13.0. The third-order valence-electron chi connectivity index (χ3n) is 4.89. The number of hydrogen-bond donors (Lipinski definition) is 0. The summed E-state index contributed by atoms with van der Waals surface area (Å²) in [6.45, 7) is 14.6. The minimum atomic E-state index is -0.868. The zero-order chi connectivity index (χ0) is 20.2. The van der Waals surface area contributed by atoms with Crippen LogP contribution in [0.25, 0.3) is 0 Å². The van der Waals surface area contributed by atoms with Crippen molar-refractivity contribution in [2.45, 2.75) is 117 Å². The molecular weight excluding hydrogens is 336 g/mol. The molecule has 0 fully saturated rings. The van der Waals surface area contributed by atoms with Crippen molar-refractivity contribution in [3.05, 3.63) is 12.7 Å². The van der Waals surface area contributed by atoms with Crippen LogP contribution in [-0.4, -0.2) is 25.8 Å². The molecule has 27 heavy (non-hydrogen) atoms. The van der Waals surface area contributed by atoms with Crippen LogP contribution in [0.4, 0.5) is 0 Å². The van der Waals surface area contributed by atoms with E-state index in [4.69, 9.17) is 14.2 Å². The third-order valence-corrected chi connectivity index (χ3v) is 4.89. The van der Waals surface area contributed by atoms with E-state index in [1.165, 1.54) is 38.5 Å². The average molecular weight is 385 g/mol. The summed E-state index contributed by atoms with van der Waals surface area (Å²) in [5, 5.41) is 0. The van der Waals surface area contributed by atoms with Gasteiger partial charge in [0.15, 0.2) is 0 Å². The first-order chi connectivity index (χ1) is 13.2. The molecule has 0 amide bonds. The lowest BCUT2D eigenvalue weighted by Crippen LogP contribution is -2.47. The Kier molecular flexibility index (Phi) is 18.7. The summed E-state index contributed by atoms with van der Waals surface area (Å²) >= 11 is 0. The third kappa shape index (κ3) is 12.6. The van der Waals surface area contributed by atoms with Crippen molar-refractivity contribution in [1.29, 1.82) is 0 Å². The summed E-state index contributed by atoms with van der Waals surface area (Å²) in [6.07, 6.45) is 17.1. The summed E-state index contributed by atoms with van der Waals surface area (Å²) in [5.41, 5.74) is 0. The molecule has 0 rings (SSSR count). The quantitative estimate of drug-likeness (QED) is 0.116. The Morgan fingerprint density at radius 1 is 0.667 bits per heavy atom. The van der Waals surface area contributed by atoms with Gasteiger partial charge in [-0.15, -0.1) is 6.58 Å². The predicted molar refractivity (Wildman–Crippen MR) is 117 cm³/mol. The molecule has 0 aromatic rings. The zero-order valence-corrected chi connectivity index (χ0v) is 18.9. The van der Waals surface area contributed by atoms with Crippen LogP contribution in [0.15, 0.2) is 12.7 Å². The molecule has 1 unspecified atom stereocenters. The van der Waals surface area contributed by atoms with Crippen LogP contribution in [0, 0.1) is 5.92 Å². The van der Waals surface area contributed by atoms with Gasteiger partial charge in [0.05, 0.1) is 19.8 Å². The second-order valence-corrected chi connectivity index (χ2v) is 7.62. The molecule has 0 saturated carbocycles. The van der Waals surface area contributed by atoms with Crippen molar-refractivity contribution in [1.82, 2.24) is 0 Å². The van der Waals surface area contributed by atoms with E-state index in [-0.39, 0.29) is 5.92 Å². The lowest BCUT2D eigenvalue weighted by Gasteiger charge is -2.40. The highest BCUT2D eigenvalue weighted by molar-refractivity contribution is 4.75. The molecule has 0 aliphatic rings. The predicted octanol–water partition coefficient (Wildman–Crippen LogP) is 7.64. The fourth-order valence-electron chi connectivity index (χ4n) is 3.39. The van der Waals surface area contributed by atoms with Crippen LogP contribution in [0.1, 0.15) is 111 Å². The Morgan fingerprint density at radius 2 is 1.15 bits per heavy atom. The van der Waals surface area contributed by atoms with Crippen LogP contribution >= 0.6 is 0 Å². The van der Waals surface area contributed by atoms with Crippen LogP contribution in [0.5, 0.6) is 0 Å². The number of hydrogen-bond acceptors (Lipinski definition) is 3. The number of rotatable bonds is 21. The Balaban J connectivity index is 5.07. The summed E-state index contributed by atoms with van der Waals surface area (Å²) in [7, 11) is 0. The van der Waals surface area contributed by atoms with Crippen LogP contribution in [-0.2, 0) is 14.2 Å². The van der Waals surface area contributed by atoms with Gasteiger partial charge in [-0.3, -0.25) is 0 Å². The summed E-state index contributed by atoms with van der Waals surface area (Å²) in [4.78, 5) is 0. The molecule has 3 nitrogen and oxygen atoms in total. The monoisotopic (exact) mass is 384 g/mol. The highest BCUT2D eigenvalue weighted by Crippen LogP contribution is 2.35. The van der Waals surface area contributed by atoms with Crippen LogP contribution in [0.3, 0.4) is 0 Å². The average Bonchev–Trinajstić information content (AvgIpc) is 2.69. The molecule has 1 atom stereocenters. The smallest absolute Gasteiger partial charge is 0.285 e. The van der Waals surface area contributed by atoms with Gasteiger partial charge in [-0.1, -0.05) is 72.3 Å². The topological polar surface area (TPSA) is 27.7 Å². The summed E-state index contributed by atoms with van der Waals surface area (Å²) < 4.78 is 18.9. The minimum Gasteiger partial charge on any atom is -0.327 e. The maximum Gasteiger partial charge on any atom is 0.285 e. The molecule has 0 spiro atoms. The zero-order valence-electron chi connectivity index (χ0n) is 18.9. The highest BCUT2D eigenvalue weighted by atomic mass is 16.9. The van der Waals surface area contributed by atoms with Gasteiger partial charge < -0.3 is 14.2 Å². The van der Waals surface area contributed by atoms with Crippen molar-refractivity contribution >= 4 is 0 Å². The first-order valence-corrected chi connectivity index (χ1v) is 11.7. The first kappa shape index (κ1) is 26.6. The SMILES string of the molecule is C=CCCCC(CCCCCCCC)C(OCCC)(OCCC)OCCC. The van der Waals surface area contributed by atoms with Gasteiger partial charge in [0.1, 0.15) is 0 Å². The molecule has 0 bridgehead atoms. The van der Waals surface area contributed by atoms with E-state index in [1.807, 2.05) is 6.08 Å². The Bertz CT molecular complexity index is 295. The molecular formula is C24H48O3. The Hall–Kier alpha value is -0.380. The van der Waals surface area contributed by atoms with Gasteiger partial charge in [0.2, 0.25) is 0 Å². The van der Waals surface area contributed by atoms with E-state index >= 15 is 0 Å². The standard InChI is InChI=1S/C24H48O3/c1-6-11-13-14-15-17-19-23(18-16-12-7-2)24(25-20-8-3,26-21-9-4)27-22-10-5/h7,23H,2,6,8-22H2,1,3-5H3. The second kappa shape index (κ2) is 19.0. The second-order valence-electron chi connectivity index (χ2n) is 7.62. The van der Waals surface area contributed by atoms with Crippen molar-refractivity contribution < 1.29 is 14.2 Å². The van der Waals surface area contributed by atoms with Crippen LogP contribution < -0.4 is 0 Å². The maximum absolute atomic E-state index is 6.30. The summed E-state index contributed by atoms with van der Waals surface area (Å²) in [5.74, 6) is -0.583. The molecule has 0 N–H and O–H groups in total. The van der Waals surface area contributed by atoms with Crippen molar-refractivity contribution in [2.24, 2.45) is 5.92 Å². The molecule has 3 heteroatoms. The first-order valence-electron chi connectivity index (χ1n) is 11.7. The molecule has 0 aliphatic carbocycles. The number of allylic oxidation sites excluding steroid dienone is 1. The highest BCUT2D eigenvalue weighted by Gasteiger charge is 2.41. The van der Waals surface area contributed by atoms with E-state index in [2.05, 4.69) is 34.3 Å². The fraction of sp³-hybridized carbons (Fsp3) is 0.917. The van der Waals surface area contributed by atoms with Gasteiger partial charge in [-0.2, -0.15) is 0 Å². The molecule has 162 valence electrons. The maximum atomic E-state index is 6.30. The van der Waals surface area contributed by atoms with Crippen LogP contribution in [0.2, 0.25) is 0 Å². The van der Waals surface area contributed by atoms with E-state index < -0.39 is 5.97 Å². The van der Waals surface area contributed by atoms with E-state index in [0.29, 0.717) is 19.8 Å². The Morgan fingerprint density at radius 3 is 1.63 bits per heavy atom. The van der Waals surface area contributed by atoms with E-state index in [1.54, 1.807) is 0 Å². The minimum absolute atomic E-state index is 0.285. The molecule has 0 saturated heterocycles. The van der Waals surface area contributed by atoms with Gasteiger partial charge in [-0.05, 0) is 44.9 Å². The molecule has 0 aromatic heterocycles. The van der Waals surface area contributed by atoms with E-state index in [0.717, 1.165) is 44.9 Å². The molecule has 0 aliphatic heterocycles. The largest absolute Gasteiger partial charge is 0.327 e. The summed E-state index contributed by atoms with van der Waals surface area (Å²) in [6, 6.07) is 0. The van der Waals surface area contributed by atoms with Crippen molar-refractivity contribution in [3.63, 3.8) is 0 Å². The van der Waals surface area contributed by atoms with Gasteiger partial charge in [0, 0.05) is 5.92 Å². The van der Waals surface area contributed by atoms with E-state index in [9.17, 15) is 0 Å². The van der Waals surface area contributed by atoms with Crippen molar-refractivity contribution in [3.8, 4) is 0 Å². The number of ether oxygens (including phenoxy) is 3. The number of unbranched alkanes of at least 4 members (excludes halogenated alkanes) is 6. The lowest BCUT2D eigenvalue weighted by atomic mass is 9.92. The molecule has 0 heterocycles. The van der Waals surface area contributed by atoms with Crippen molar-refractivity contribution in [2.75, 3.05) is 19.8 Å². The lowest BCUT2D eigenvalue weighted by molar-refractivity contribution is -0.406. The fourth-order valence-corrected chi connectivity index (χ4v) is 3.39. The van der Waals surface area contributed by atoms with Gasteiger partial charge in [-0.25, -0.2) is 0 Å². The van der Waals surface area contributed by atoms with Gasteiger partial charge >= 0.3 is 0 Å². The molecule has 0 aromatic carbocycles.